The summed E-state index contributed by atoms with van der Waals surface area (Å²) in [6.45, 7) is 0. The molecule has 0 saturated heterocycles. The van der Waals surface area contributed by atoms with Gasteiger partial charge in [-0.3, -0.25) is 4.79 Å². The number of carbonyl (C=O) groups is 2. The van der Waals surface area contributed by atoms with Crippen molar-refractivity contribution < 1.29 is 50.8 Å². The summed E-state index contributed by atoms with van der Waals surface area (Å²) in [6, 6.07) is 0. The third-order valence-electron chi connectivity index (χ3n) is 0.740. The summed E-state index contributed by atoms with van der Waals surface area (Å²) in [5.74, 6) is -2.60. The molecule has 0 fully saturated rings. The van der Waals surface area contributed by atoms with E-state index >= 15 is 0 Å². The molecule has 0 aliphatic heterocycles. The standard InChI is InChI=1S/C4H6O4S2.Na.Sn.3H/c5-2(6)1-4(9,10)3(7)8;;;;;/h9-10H,1H2,(H,5,6)(H,7,8);;;;;/q;+1;;;;-1. The molecule has 0 spiro atoms. The summed E-state index contributed by atoms with van der Waals surface area (Å²) in [7, 11) is 0. The topological polar surface area (TPSA) is 74.6 Å². The van der Waals surface area contributed by atoms with Gasteiger partial charge in [0.2, 0.25) is 0 Å². The molecule has 0 aliphatic rings. The molecular weight excluding hydrogens is 318 g/mol. The molecule has 4 nitrogen and oxygen atoms in total. The molecule has 12 heavy (non-hydrogen) atoms. The van der Waals surface area contributed by atoms with Crippen LogP contribution in [0.5, 0.6) is 0 Å². The Kier molecular flexibility index (Phi) is 12.4. The van der Waals surface area contributed by atoms with Crippen LogP contribution in [0.2, 0.25) is 0 Å². The van der Waals surface area contributed by atoms with E-state index < -0.39 is 22.4 Å². The molecule has 66 valence electrons. The van der Waals surface area contributed by atoms with Crippen LogP contribution in [0.1, 0.15) is 7.85 Å². The van der Waals surface area contributed by atoms with E-state index in [1.807, 2.05) is 0 Å². The van der Waals surface area contributed by atoms with E-state index in [4.69, 9.17) is 10.2 Å². The Morgan fingerprint density at radius 3 is 1.75 bits per heavy atom. The van der Waals surface area contributed by atoms with Gasteiger partial charge in [-0.15, -0.1) is 25.3 Å². The second kappa shape index (κ2) is 7.81. The number of hydrogen-bond donors (Lipinski definition) is 4. The first-order chi connectivity index (χ1) is 4.36. The summed E-state index contributed by atoms with van der Waals surface area (Å²) < 4.78 is -1.77. The van der Waals surface area contributed by atoms with Crippen LogP contribution in [0.3, 0.4) is 0 Å². The monoisotopic (exact) mass is 328 g/mol. The first kappa shape index (κ1) is 19.1. The molecule has 0 bridgehead atoms. The van der Waals surface area contributed by atoms with Gasteiger partial charge >= 0.3 is 65.4 Å². The zero-order valence-electron chi connectivity index (χ0n) is 7.52. The molecule has 2 radical (unpaired) electrons. The molecule has 0 rings (SSSR count). The third-order valence-corrected chi connectivity index (χ3v) is 1.44. The Bertz CT molecular complexity index is 180. The van der Waals surface area contributed by atoms with Crippen LogP contribution >= 0.6 is 25.3 Å². The quantitative estimate of drug-likeness (QED) is 0.245. The molecule has 0 unspecified atom stereocenters. The molecular formula is C4H9NaO4S2Sn. The van der Waals surface area contributed by atoms with Crippen molar-refractivity contribution >= 4 is 61.1 Å². The van der Waals surface area contributed by atoms with Crippen LogP contribution in [0.25, 0.3) is 0 Å². The fraction of sp³-hybridized carbons (Fsp3) is 0.500. The number of rotatable bonds is 3. The zero-order valence-corrected chi connectivity index (χ0v) is 14.3. The van der Waals surface area contributed by atoms with Crippen molar-refractivity contribution in [3.8, 4) is 0 Å². The van der Waals surface area contributed by atoms with Gasteiger partial charge in [0.15, 0.2) is 4.08 Å². The first-order valence-electron chi connectivity index (χ1n) is 2.26. The Morgan fingerprint density at radius 2 is 1.67 bits per heavy atom. The third kappa shape index (κ3) is 8.06. The zero-order chi connectivity index (χ0) is 8.36. The van der Waals surface area contributed by atoms with E-state index in [2.05, 4.69) is 25.3 Å². The second-order valence-electron chi connectivity index (χ2n) is 1.69. The average Bonchev–Trinajstić information content (AvgIpc) is 1.60. The molecule has 0 aliphatic carbocycles. The van der Waals surface area contributed by atoms with Crippen LogP contribution in [0, 0.1) is 0 Å². The van der Waals surface area contributed by atoms with E-state index in [0.29, 0.717) is 0 Å². The van der Waals surface area contributed by atoms with E-state index in [1.165, 1.54) is 0 Å². The van der Waals surface area contributed by atoms with Crippen LogP contribution in [-0.4, -0.2) is 50.1 Å². The summed E-state index contributed by atoms with van der Waals surface area (Å²) in [5.41, 5.74) is 0. The van der Waals surface area contributed by atoms with E-state index in [9.17, 15) is 9.59 Å². The number of thiol groups is 2. The van der Waals surface area contributed by atoms with Crippen molar-refractivity contribution in [3.05, 3.63) is 0 Å². The Labute approximate surface area is 121 Å². The van der Waals surface area contributed by atoms with Gasteiger partial charge in [-0.25, -0.2) is 4.79 Å². The fourth-order valence-electron chi connectivity index (χ4n) is 0.286. The maximum absolute atomic E-state index is 10.1. The minimum atomic E-state index is -1.77. The summed E-state index contributed by atoms with van der Waals surface area (Å²) in [5, 5.41) is 16.4. The van der Waals surface area contributed by atoms with Gasteiger partial charge in [-0.05, 0) is 0 Å². The van der Waals surface area contributed by atoms with Gasteiger partial charge in [0.1, 0.15) is 0 Å². The molecule has 0 aromatic rings. The van der Waals surface area contributed by atoms with Crippen molar-refractivity contribution in [3.63, 3.8) is 0 Å². The van der Waals surface area contributed by atoms with Crippen molar-refractivity contribution in [2.75, 3.05) is 0 Å². The molecule has 0 atom stereocenters. The van der Waals surface area contributed by atoms with Gasteiger partial charge in [0, 0.05) is 0 Å². The number of carboxylic acids is 2. The number of hydrogen-bond acceptors (Lipinski definition) is 4. The average molecular weight is 327 g/mol. The van der Waals surface area contributed by atoms with Crippen molar-refractivity contribution in [1.29, 1.82) is 0 Å². The van der Waals surface area contributed by atoms with Gasteiger partial charge in [-0.2, -0.15) is 0 Å². The first-order valence-corrected chi connectivity index (χ1v) is 3.15. The number of carboxylic acid groups (broad SMARTS) is 2. The fourth-order valence-corrected chi connectivity index (χ4v) is 0.557. The van der Waals surface area contributed by atoms with E-state index in [-0.39, 0.29) is 54.9 Å². The predicted octanol–water partition coefficient (Wildman–Crippen LogP) is -3.70. The van der Waals surface area contributed by atoms with Gasteiger partial charge in [-0.1, -0.05) is 0 Å². The molecule has 2 N–H and O–H groups in total. The van der Waals surface area contributed by atoms with Crippen LogP contribution in [-0.2, 0) is 9.59 Å². The molecule has 0 aromatic heterocycles. The van der Waals surface area contributed by atoms with Crippen molar-refractivity contribution in [2.45, 2.75) is 10.5 Å². The van der Waals surface area contributed by atoms with Crippen molar-refractivity contribution in [1.82, 2.24) is 0 Å². The van der Waals surface area contributed by atoms with Crippen LogP contribution in [0.4, 0.5) is 0 Å². The summed E-state index contributed by atoms with van der Waals surface area (Å²) >= 11 is 7.01. The minimum absolute atomic E-state index is 0. The number of aliphatic carboxylic acids is 2. The Hall–Kier alpha value is 1.44. The molecule has 0 aromatic carbocycles. The molecule has 0 saturated carbocycles. The second-order valence-corrected chi connectivity index (χ2v) is 3.57. The van der Waals surface area contributed by atoms with Gasteiger partial charge in [0.25, 0.3) is 0 Å². The predicted molar refractivity (Wildman–Crippen MR) is 50.2 cm³/mol. The Morgan fingerprint density at radius 1 is 1.33 bits per heavy atom. The normalized spacial score (nSPS) is 9.17. The van der Waals surface area contributed by atoms with Gasteiger partial charge in [0.05, 0.1) is 6.42 Å². The van der Waals surface area contributed by atoms with E-state index in [0.717, 1.165) is 0 Å². The SMILES string of the molecule is O=C(O)CC(S)(S)C(=O)O.[H-].[Na+].[SnH2]. The van der Waals surface area contributed by atoms with Crippen molar-refractivity contribution in [2.24, 2.45) is 0 Å². The molecule has 8 heteroatoms. The summed E-state index contributed by atoms with van der Waals surface area (Å²) in [4.78, 5) is 20.1. The van der Waals surface area contributed by atoms with Crippen LogP contribution in [0.15, 0.2) is 0 Å². The van der Waals surface area contributed by atoms with Gasteiger partial charge < -0.3 is 11.6 Å². The molecule has 0 heterocycles. The Balaban J connectivity index is -0.000000135. The summed E-state index contributed by atoms with van der Waals surface area (Å²) in [6.07, 6.45) is -0.617. The van der Waals surface area contributed by atoms with Crippen LogP contribution < -0.4 is 29.6 Å². The van der Waals surface area contributed by atoms with E-state index in [1.54, 1.807) is 0 Å². The molecule has 0 amide bonds. The maximum atomic E-state index is 10.1.